The molecule has 0 atom stereocenters. The number of anilines is 2. The van der Waals surface area contributed by atoms with Crippen LogP contribution in [0.15, 0.2) is 53.6 Å². The Labute approximate surface area is 219 Å². The summed E-state index contributed by atoms with van der Waals surface area (Å²) in [5.74, 6) is -2.09. The monoisotopic (exact) mass is 572 g/mol. The molecule has 0 radical (unpaired) electrons. The Bertz CT molecular complexity index is 1530. The highest BCUT2D eigenvalue weighted by atomic mass is 35.5. The first-order chi connectivity index (χ1) is 17.7. The molecule has 200 valence electrons. The molecule has 0 amide bonds. The lowest BCUT2D eigenvalue weighted by molar-refractivity contribution is -0.137. The van der Waals surface area contributed by atoms with Crippen LogP contribution in [0.1, 0.15) is 29.5 Å². The molecule has 1 saturated heterocycles. The van der Waals surface area contributed by atoms with Gasteiger partial charge >= 0.3 is 6.18 Å². The predicted molar refractivity (Wildman–Crippen MR) is 128 cm³/mol. The van der Waals surface area contributed by atoms with Crippen LogP contribution in [0.25, 0.3) is 0 Å². The highest BCUT2D eigenvalue weighted by molar-refractivity contribution is 7.92. The zero-order valence-corrected chi connectivity index (χ0v) is 20.8. The van der Waals surface area contributed by atoms with Crippen LogP contribution < -0.4 is 9.62 Å². The van der Waals surface area contributed by atoms with E-state index in [-0.39, 0.29) is 48.6 Å². The summed E-state index contributed by atoms with van der Waals surface area (Å²) in [7, 11) is -4.46. The van der Waals surface area contributed by atoms with Crippen molar-refractivity contribution in [1.29, 1.82) is 5.26 Å². The van der Waals surface area contributed by atoms with E-state index in [0.29, 0.717) is 6.07 Å². The Kier molecular flexibility index (Phi) is 7.26. The lowest BCUT2D eigenvalue weighted by atomic mass is 9.83. The summed E-state index contributed by atoms with van der Waals surface area (Å²) in [6, 6.07) is 8.26. The molecular formula is C24H18ClF5N4O3S. The number of hydrogen-bond donors (Lipinski definition) is 2. The van der Waals surface area contributed by atoms with Crippen molar-refractivity contribution in [3.63, 3.8) is 0 Å². The van der Waals surface area contributed by atoms with Gasteiger partial charge in [-0.3, -0.25) is 4.72 Å². The molecule has 2 aromatic carbocycles. The minimum atomic E-state index is -4.69. The molecule has 0 unspecified atom stereocenters. The van der Waals surface area contributed by atoms with Crippen LogP contribution in [0.2, 0.25) is 5.02 Å². The maximum absolute atomic E-state index is 14.0. The number of alkyl halides is 3. The average Bonchev–Trinajstić information content (AvgIpc) is 2.83. The van der Waals surface area contributed by atoms with E-state index in [4.69, 9.17) is 11.6 Å². The Morgan fingerprint density at radius 1 is 1.11 bits per heavy atom. The lowest BCUT2D eigenvalue weighted by Gasteiger charge is -2.39. The Hall–Kier alpha value is -3.47. The van der Waals surface area contributed by atoms with Crippen LogP contribution in [0.5, 0.6) is 0 Å². The lowest BCUT2D eigenvalue weighted by Crippen LogP contribution is -2.43. The maximum atomic E-state index is 14.0. The third-order valence-electron chi connectivity index (χ3n) is 6.12. The molecule has 3 aromatic rings. The number of hydrogen-bond acceptors (Lipinski definition) is 6. The number of nitrogens with zero attached hydrogens (tertiary/aromatic N) is 3. The molecule has 14 heteroatoms. The largest absolute Gasteiger partial charge is 0.417 e. The van der Waals surface area contributed by atoms with E-state index in [9.17, 15) is 40.7 Å². The molecule has 4 rings (SSSR count). The number of pyridine rings is 1. The molecule has 1 fully saturated rings. The highest BCUT2D eigenvalue weighted by Gasteiger charge is 2.39. The molecule has 1 aromatic heterocycles. The first-order valence-corrected chi connectivity index (χ1v) is 12.8. The van der Waals surface area contributed by atoms with Crippen molar-refractivity contribution < 1.29 is 35.5 Å². The van der Waals surface area contributed by atoms with Gasteiger partial charge in [-0.1, -0.05) is 17.7 Å². The second kappa shape index (κ2) is 10.0. The van der Waals surface area contributed by atoms with Crippen LogP contribution >= 0.6 is 11.6 Å². The second-order valence-corrected chi connectivity index (χ2v) is 10.7. The molecule has 1 aliphatic rings. The standard InChI is InChI=1S/C24H18ClF5N4O3S/c25-19-3-1-15(10-18(19)24(28,29)30)23(35)5-7-34(8-6-23)22-14(12-31)9-17(13-32-22)33-38(36,37)21-4-2-16(26)11-20(21)27/h1-4,9-11,13,33,35H,5-8H2. The van der Waals surface area contributed by atoms with Crippen LogP contribution in [0.3, 0.4) is 0 Å². The SMILES string of the molecule is N#Cc1cc(NS(=O)(=O)c2ccc(F)cc2F)cnc1N1CCC(O)(c2ccc(Cl)c(C(F)(F)F)c2)CC1. The van der Waals surface area contributed by atoms with Gasteiger partial charge in [0.15, 0.2) is 0 Å². The van der Waals surface area contributed by atoms with Crippen molar-refractivity contribution in [1.82, 2.24) is 4.98 Å². The minimum Gasteiger partial charge on any atom is -0.385 e. The van der Waals surface area contributed by atoms with Gasteiger partial charge in [0.05, 0.1) is 33.6 Å². The summed E-state index contributed by atoms with van der Waals surface area (Å²) < 4.78 is 94.1. The molecule has 2 heterocycles. The van der Waals surface area contributed by atoms with Crippen molar-refractivity contribution in [2.45, 2.75) is 29.5 Å². The third-order valence-corrected chi connectivity index (χ3v) is 7.87. The van der Waals surface area contributed by atoms with E-state index in [1.807, 2.05) is 6.07 Å². The molecule has 0 spiro atoms. The van der Waals surface area contributed by atoms with E-state index < -0.39 is 48.9 Å². The number of sulfonamides is 1. The summed E-state index contributed by atoms with van der Waals surface area (Å²) in [5.41, 5.74) is -2.77. The Morgan fingerprint density at radius 3 is 2.39 bits per heavy atom. The molecule has 2 N–H and O–H groups in total. The van der Waals surface area contributed by atoms with E-state index in [1.165, 1.54) is 12.1 Å². The zero-order chi connectivity index (χ0) is 27.9. The number of nitrogens with one attached hydrogen (secondary N) is 1. The summed E-state index contributed by atoms with van der Waals surface area (Å²) in [4.78, 5) is 4.97. The molecular weight excluding hydrogens is 555 g/mol. The fourth-order valence-electron chi connectivity index (χ4n) is 4.16. The number of aliphatic hydroxyl groups is 1. The average molecular weight is 573 g/mol. The van der Waals surface area contributed by atoms with Crippen molar-refractivity contribution in [3.8, 4) is 6.07 Å². The van der Waals surface area contributed by atoms with Gasteiger partial charge in [0.2, 0.25) is 0 Å². The molecule has 0 aliphatic carbocycles. The van der Waals surface area contributed by atoms with Gasteiger partial charge in [0, 0.05) is 19.2 Å². The van der Waals surface area contributed by atoms with E-state index >= 15 is 0 Å². The van der Waals surface area contributed by atoms with Crippen LogP contribution in [0.4, 0.5) is 33.5 Å². The highest BCUT2D eigenvalue weighted by Crippen LogP contribution is 2.40. The van der Waals surface area contributed by atoms with Gasteiger partial charge in [-0.15, -0.1) is 0 Å². The predicted octanol–water partition coefficient (Wildman–Crippen LogP) is 5.19. The minimum absolute atomic E-state index is 0.0106. The van der Waals surface area contributed by atoms with Gasteiger partial charge in [0.25, 0.3) is 10.0 Å². The molecule has 38 heavy (non-hydrogen) atoms. The van der Waals surface area contributed by atoms with Crippen LogP contribution in [0, 0.1) is 23.0 Å². The molecule has 7 nitrogen and oxygen atoms in total. The van der Waals surface area contributed by atoms with Gasteiger partial charge in [-0.25, -0.2) is 22.2 Å². The smallest absolute Gasteiger partial charge is 0.385 e. The summed E-state index contributed by atoms with van der Waals surface area (Å²) in [6.07, 6.45) is -3.57. The quantitative estimate of drug-likeness (QED) is 0.408. The van der Waals surface area contributed by atoms with Crippen LogP contribution in [-0.4, -0.2) is 31.6 Å². The Balaban J connectivity index is 1.53. The fraction of sp³-hybridized carbons (Fsp3) is 0.250. The molecule has 0 saturated carbocycles. The molecule has 0 bridgehead atoms. The van der Waals surface area contributed by atoms with Gasteiger partial charge in [-0.05, 0) is 48.7 Å². The first-order valence-electron chi connectivity index (χ1n) is 11.0. The summed E-state index contributed by atoms with van der Waals surface area (Å²) in [5, 5.41) is 20.2. The number of benzene rings is 2. The first kappa shape index (κ1) is 27.6. The van der Waals surface area contributed by atoms with Crippen molar-refractivity contribution in [2.24, 2.45) is 0 Å². The maximum Gasteiger partial charge on any atom is 0.417 e. The number of aromatic nitrogens is 1. The number of piperidine rings is 1. The normalized spacial score (nSPS) is 15.7. The van der Waals surface area contributed by atoms with E-state index in [1.54, 1.807) is 4.90 Å². The van der Waals surface area contributed by atoms with Crippen molar-refractivity contribution in [2.75, 3.05) is 22.7 Å². The number of halogens is 6. The van der Waals surface area contributed by atoms with Crippen LogP contribution in [-0.2, 0) is 21.8 Å². The van der Waals surface area contributed by atoms with Crippen molar-refractivity contribution in [3.05, 3.63) is 82.0 Å². The van der Waals surface area contributed by atoms with Gasteiger partial charge in [0.1, 0.15) is 28.4 Å². The van der Waals surface area contributed by atoms with Gasteiger partial charge in [-0.2, -0.15) is 18.4 Å². The molecule has 1 aliphatic heterocycles. The van der Waals surface area contributed by atoms with Crippen molar-refractivity contribution >= 4 is 33.1 Å². The third kappa shape index (κ3) is 5.52. The van der Waals surface area contributed by atoms with E-state index in [2.05, 4.69) is 9.71 Å². The Morgan fingerprint density at radius 2 is 1.79 bits per heavy atom. The summed E-state index contributed by atoms with van der Waals surface area (Å²) in [6.45, 7) is 0.238. The topological polar surface area (TPSA) is 106 Å². The number of rotatable bonds is 5. The second-order valence-electron chi connectivity index (χ2n) is 8.60. The van der Waals surface area contributed by atoms with E-state index in [0.717, 1.165) is 30.5 Å². The zero-order valence-electron chi connectivity index (χ0n) is 19.2. The number of nitriles is 1. The van der Waals surface area contributed by atoms with Gasteiger partial charge < -0.3 is 10.0 Å². The summed E-state index contributed by atoms with van der Waals surface area (Å²) >= 11 is 5.68. The fourth-order valence-corrected chi connectivity index (χ4v) is 5.48.